The molecule has 7 nitrogen and oxygen atoms in total. The van der Waals surface area contributed by atoms with E-state index in [-0.39, 0.29) is 18.4 Å². The molecule has 7 heteroatoms. The van der Waals surface area contributed by atoms with Gasteiger partial charge in [0.1, 0.15) is 0 Å². The van der Waals surface area contributed by atoms with Crippen molar-refractivity contribution >= 4 is 17.5 Å². The van der Waals surface area contributed by atoms with E-state index in [0.717, 1.165) is 16.8 Å². The molecule has 0 aliphatic carbocycles. The quantitative estimate of drug-likeness (QED) is 0.758. The van der Waals surface area contributed by atoms with Gasteiger partial charge in [-0.2, -0.15) is 0 Å². The second-order valence-electron chi connectivity index (χ2n) is 7.41. The smallest absolute Gasteiger partial charge is 0.260 e. The summed E-state index contributed by atoms with van der Waals surface area (Å²) < 4.78 is 10.9. The maximum atomic E-state index is 12.5. The Morgan fingerprint density at radius 3 is 2.20 bits per heavy atom. The molecule has 3 rings (SSSR count). The van der Waals surface area contributed by atoms with Crippen LogP contribution in [0.1, 0.15) is 11.1 Å². The summed E-state index contributed by atoms with van der Waals surface area (Å²) in [5, 5.41) is 3.02. The van der Waals surface area contributed by atoms with E-state index < -0.39 is 0 Å². The van der Waals surface area contributed by atoms with E-state index in [9.17, 15) is 9.59 Å². The van der Waals surface area contributed by atoms with Crippen LogP contribution in [0.5, 0.6) is 11.5 Å². The van der Waals surface area contributed by atoms with Crippen molar-refractivity contribution in [2.75, 3.05) is 51.8 Å². The number of anilines is 1. The third kappa shape index (κ3) is 5.51. The van der Waals surface area contributed by atoms with Gasteiger partial charge in [0.05, 0.1) is 13.7 Å². The number of carbonyl (C=O) groups is 2. The van der Waals surface area contributed by atoms with Crippen molar-refractivity contribution in [2.24, 2.45) is 0 Å². The molecule has 0 saturated carbocycles. The van der Waals surface area contributed by atoms with Crippen LogP contribution in [0.25, 0.3) is 0 Å². The van der Waals surface area contributed by atoms with Gasteiger partial charge < -0.3 is 19.7 Å². The Morgan fingerprint density at radius 2 is 1.57 bits per heavy atom. The number of nitrogens with one attached hydrogen (secondary N) is 1. The minimum Gasteiger partial charge on any atom is -0.493 e. The van der Waals surface area contributed by atoms with Gasteiger partial charge in [0, 0.05) is 31.9 Å². The molecule has 30 heavy (non-hydrogen) atoms. The van der Waals surface area contributed by atoms with Gasteiger partial charge in [0.25, 0.3) is 5.91 Å². The second kappa shape index (κ2) is 10.1. The lowest BCUT2D eigenvalue weighted by Crippen LogP contribution is -2.51. The van der Waals surface area contributed by atoms with Crippen LogP contribution in [0.2, 0.25) is 0 Å². The molecule has 0 atom stereocenters. The molecule has 1 N–H and O–H groups in total. The lowest BCUT2D eigenvalue weighted by atomic mass is 10.1. The first-order valence-electron chi connectivity index (χ1n) is 10.1. The molecule has 0 radical (unpaired) electrons. The monoisotopic (exact) mass is 411 g/mol. The van der Waals surface area contributed by atoms with E-state index in [1.54, 1.807) is 24.1 Å². The standard InChI is InChI=1S/C23H29N3O4/c1-17-7-6-8-18(2)23(17)24-21(27)15-25-11-13-26(14-12-25)22(28)16-30-20-10-5-4-9-19(20)29-3/h4-10H,11-16H2,1-3H3,(H,24,27). The lowest BCUT2D eigenvalue weighted by Gasteiger charge is -2.34. The third-order valence-electron chi connectivity index (χ3n) is 5.26. The number of hydrogen-bond acceptors (Lipinski definition) is 5. The molecule has 1 aliphatic rings. The van der Waals surface area contributed by atoms with Crippen molar-refractivity contribution in [3.05, 3.63) is 53.6 Å². The summed E-state index contributed by atoms with van der Waals surface area (Å²) in [4.78, 5) is 28.8. The van der Waals surface area contributed by atoms with Gasteiger partial charge in [0.15, 0.2) is 18.1 Å². The number of rotatable bonds is 7. The molecular weight excluding hydrogens is 382 g/mol. The number of benzene rings is 2. The van der Waals surface area contributed by atoms with E-state index in [1.807, 2.05) is 44.2 Å². The molecule has 0 unspecified atom stereocenters. The Labute approximate surface area is 177 Å². The summed E-state index contributed by atoms with van der Waals surface area (Å²) in [5.41, 5.74) is 2.98. The first kappa shape index (κ1) is 21.6. The van der Waals surface area contributed by atoms with Crippen LogP contribution in [0, 0.1) is 13.8 Å². The Balaban J connectivity index is 1.44. The van der Waals surface area contributed by atoms with Crippen molar-refractivity contribution in [1.29, 1.82) is 0 Å². The highest BCUT2D eigenvalue weighted by Crippen LogP contribution is 2.25. The fourth-order valence-corrected chi connectivity index (χ4v) is 3.52. The summed E-state index contributed by atoms with van der Waals surface area (Å²) in [6.07, 6.45) is 0. The van der Waals surface area contributed by atoms with Crippen LogP contribution in [-0.4, -0.2) is 68.1 Å². The van der Waals surface area contributed by atoms with Gasteiger partial charge in [-0.15, -0.1) is 0 Å². The van der Waals surface area contributed by atoms with Crippen LogP contribution >= 0.6 is 0 Å². The van der Waals surface area contributed by atoms with Crippen LogP contribution in [0.4, 0.5) is 5.69 Å². The maximum Gasteiger partial charge on any atom is 0.260 e. The van der Waals surface area contributed by atoms with Crippen LogP contribution < -0.4 is 14.8 Å². The second-order valence-corrected chi connectivity index (χ2v) is 7.41. The van der Waals surface area contributed by atoms with E-state index in [1.165, 1.54) is 0 Å². The van der Waals surface area contributed by atoms with Gasteiger partial charge in [-0.25, -0.2) is 0 Å². The van der Waals surface area contributed by atoms with E-state index in [4.69, 9.17) is 9.47 Å². The molecule has 2 amide bonds. The topological polar surface area (TPSA) is 71.1 Å². The molecule has 2 aromatic carbocycles. The number of piperazine rings is 1. The van der Waals surface area contributed by atoms with Gasteiger partial charge in [0.2, 0.25) is 5.91 Å². The molecule has 2 aromatic rings. The van der Waals surface area contributed by atoms with Crippen LogP contribution in [-0.2, 0) is 9.59 Å². The van der Waals surface area contributed by atoms with Crippen LogP contribution in [0.3, 0.4) is 0 Å². The zero-order valence-corrected chi connectivity index (χ0v) is 17.8. The number of ether oxygens (including phenoxy) is 2. The highest BCUT2D eigenvalue weighted by molar-refractivity contribution is 5.93. The van der Waals surface area contributed by atoms with E-state index in [0.29, 0.717) is 44.2 Å². The molecule has 0 bridgehead atoms. The maximum absolute atomic E-state index is 12.5. The van der Waals surface area contributed by atoms with Crippen molar-refractivity contribution in [3.8, 4) is 11.5 Å². The molecule has 160 valence electrons. The summed E-state index contributed by atoms with van der Waals surface area (Å²) in [5.74, 6) is 1.05. The number of carbonyl (C=O) groups excluding carboxylic acids is 2. The average molecular weight is 412 g/mol. The normalized spacial score (nSPS) is 14.3. The predicted octanol–water partition coefficient (Wildman–Crippen LogP) is 2.47. The van der Waals surface area contributed by atoms with E-state index >= 15 is 0 Å². The van der Waals surface area contributed by atoms with Crippen LogP contribution in [0.15, 0.2) is 42.5 Å². The molecule has 1 heterocycles. The largest absolute Gasteiger partial charge is 0.493 e. The molecule has 1 aliphatic heterocycles. The van der Waals surface area contributed by atoms with E-state index in [2.05, 4.69) is 10.2 Å². The minimum absolute atomic E-state index is 0.0343. The summed E-state index contributed by atoms with van der Waals surface area (Å²) in [7, 11) is 1.57. The highest BCUT2D eigenvalue weighted by Gasteiger charge is 2.23. The number of para-hydroxylation sites is 3. The summed E-state index contributed by atoms with van der Waals surface area (Å²) >= 11 is 0. The van der Waals surface area contributed by atoms with Gasteiger partial charge in [-0.1, -0.05) is 30.3 Å². The zero-order valence-electron chi connectivity index (χ0n) is 17.8. The minimum atomic E-state index is -0.0689. The predicted molar refractivity (Wildman–Crippen MR) is 116 cm³/mol. The number of amides is 2. The van der Waals surface area contributed by atoms with Crippen molar-refractivity contribution in [2.45, 2.75) is 13.8 Å². The molecule has 0 spiro atoms. The first-order valence-corrected chi connectivity index (χ1v) is 10.1. The number of aryl methyl sites for hydroxylation is 2. The van der Waals surface area contributed by atoms with Crippen molar-refractivity contribution in [1.82, 2.24) is 9.80 Å². The molecular formula is C23H29N3O4. The lowest BCUT2D eigenvalue weighted by molar-refractivity contribution is -0.135. The fourth-order valence-electron chi connectivity index (χ4n) is 3.52. The average Bonchev–Trinajstić information content (AvgIpc) is 2.75. The molecule has 1 saturated heterocycles. The number of hydrogen-bond donors (Lipinski definition) is 1. The van der Waals surface area contributed by atoms with Gasteiger partial charge in [-0.05, 0) is 37.1 Å². The van der Waals surface area contributed by atoms with Gasteiger partial charge >= 0.3 is 0 Å². The van der Waals surface area contributed by atoms with Crippen molar-refractivity contribution in [3.63, 3.8) is 0 Å². The summed E-state index contributed by atoms with van der Waals surface area (Å²) in [6.45, 7) is 6.71. The Bertz CT molecular complexity index is 872. The number of methoxy groups -OCH3 is 1. The van der Waals surface area contributed by atoms with Crippen molar-refractivity contribution < 1.29 is 19.1 Å². The Kier molecular flexibility index (Phi) is 7.30. The molecule has 0 aromatic heterocycles. The first-order chi connectivity index (χ1) is 14.5. The Hall–Kier alpha value is -3.06. The highest BCUT2D eigenvalue weighted by atomic mass is 16.5. The molecule has 1 fully saturated rings. The number of nitrogens with zero attached hydrogens (tertiary/aromatic N) is 2. The Morgan fingerprint density at radius 1 is 0.933 bits per heavy atom. The van der Waals surface area contributed by atoms with Gasteiger partial charge in [-0.3, -0.25) is 14.5 Å². The fraction of sp³-hybridized carbons (Fsp3) is 0.391. The SMILES string of the molecule is COc1ccccc1OCC(=O)N1CCN(CC(=O)Nc2c(C)cccc2C)CC1. The summed E-state index contributed by atoms with van der Waals surface area (Å²) in [6, 6.07) is 13.2. The third-order valence-corrected chi connectivity index (χ3v) is 5.26. The zero-order chi connectivity index (χ0) is 21.5.